The maximum absolute atomic E-state index is 9.29. The highest BCUT2D eigenvalue weighted by Gasteiger charge is 1.84. The molecule has 6 nitrogen and oxygen atoms in total. The molecule has 0 aromatic carbocycles. The standard InChI is InChI=1S/C2H4O2S.H2O4S/c1-2-5(3)4;1-5(2,3)4/h2,5H,1H2;(H2,1,2,3,4). The highest BCUT2D eigenvalue weighted by atomic mass is 32.3. The fraction of sp³-hybridized carbons (Fsp3) is 0. The minimum Gasteiger partial charge on any atom is -0.264 e. The summed E-state index contributed by atoms with van der Waals surface area (Å²) in [7, 11) is -7.00. The summed E-state index contributed by atoms with van der Waals surface area (Å²) in [5, 5.41) is 0.870. The van der Waals surface area contributed by atoms with Gasteiger partial charge in [0.25, 0.3) is 0 Å². The minimum absolute atomic E-state index is 0.870. The molecule has 62 valence electrons. The van der Waals surface area contributed by atoms with Crippen molar-refractivity contribution in [2.45, 2.75) is 0 Å². The lowest BCUT2D eigenvalue weighted by Gasteiger charge is -1.68. The Balaban J connectivity index is 0. The molecule has 0 radical (unpaired) electrons. The second kappa shape index (κ2) is 5.35. The van der Waals surface area contributed by atoms with Crippen LogP contribution >= 0.6 is 0 Å². The average molecular weight is 190 g/mol. The van der Waals surface area contributed by atoms with Gasteiger partial charge < -0.3 is 0 Å². The van der Waals surface area contributed by atoms with Gasteiger partial charge in [-0.15, -0.1) is 0 Å². The van der Waals surface area contributed by atoms with Crippen molar-refractivity contribution < 1.29 is 25.9 Å². The van der Waals surface area contributed by atoms with Gasteiger partial charge in [0, 0.05) is 5.41 Å². The molecule has 0 atom stereocenters. The number of rotatable bonds is 1. The van der Waals surface area contributed by atoms with Crippen molar-refractivity contribution >= 4 is 21.1 Å². The molecule has 0 unspecified atom stereocenters. The predicted molar refractivity (Wildman–Crippen MR) is 34.7 cm³/mol. The SMILES string of the molecule is C=C[SH](=O)=O.O=S(=O)(O)O. The van der Waals surface area contributed by atoms with Gasteiger partial charge in [0.2, 0.25) is 0 Å². The van der Waals surface area contributed by atoms with Crippen molar-refractivity contribution in [3.63, 3.8) is 0 Å². The Morgan fingerprint density at radius 1 is 1.30 bits per heavy atom. The highest BCUT2D eigenvalue weighted by Crippen LogP contribution is 1.59. The molecule has 0 rings (SSSR count). The Labute approximate surface area is 59.7 Å². The van der Waals surface area contributed by atoms with Crippen LogP contribution in [0.15, 0.2) is 12.0 Å². The first kappa shape index (κ1) is 12.3. The molecule has 0 saturated heterocycles. The van der Waals surface area contributed by atoms with E-state index in [2.05, 4.69) is 6.58 Å². The van der Waals surface area contributed by atoms with Crippen LogP contribution in [0.5, 0.6) is 0 Å². The molecule has 0 amide bonds. The molecular formula is C2H6O6S2. The van der Waals surface area contributed by atoms with Crippen molar-refractivity contribution in [1.29, 1.82) is 0 Å². The summed E-state index contributed by atoms with van der Waals surface area (Å²) in [5.74, 6) is 0. The summed E-state index contributed by atoms with van der Waals surface area (Å²) in [6.07, 6.45) is 0. The fourth-order valence-electron chi connectivity index (χ4n) is 0. The molecule has 0 spiro atoms. The third-order valence-corrected chi connectivity index (χ3v) is 0.447. The van der Waals surface area contributed by atoms with E-state index in [1.165, 1.54) is 0 Å². The molecule has 10 heavy (non-hydrogen) atoms. The predicted octanol–water partition coefficient (Wildman–Crippen LogP) is -0.911. The lowest BCUT2D eigenvalue weighted by atomic mass is 11.3. The zero-order chi connectivity index (χ0) is 8.78. The smallest absolute Gasteiger partial charge is 0.264 e. The summed E-state index contributed by atoms with van der Waals surface area (Å²) in [4.78, 5) is 0. The largest absolute Gasteiger partial charge is 0.394 e. The van der Waals surface area contributed by atoms with Crippen LogP contribution in [0.2, 0.25) is 0 Å². The molecule has 0 aromatic heterocycles. The van der Waals surface area contributed by atoms with E-state index in [1.807, 2.05) is 0 Å². The maximum atomic E-state index is 9.29. The van der Waals surface area contributed by atoms with Crippen LogP contribution in [0.4, 0.5) is 0 Å². The zero-order valence-corrected chi connectivity index (χ0v) is 6.38. The first-order chi connectivity index (χ1) is 4.27. The lowest BCUT2D eigenvalue weighted by molar-refractivity contribution is 0.381. The van der Waals surface area contributed by atoms with Crippen LogP contribution in [0.1, 0.15) is 0 Å². The summed E-state index contributed by atoms with van der Waals surface area (Å²) in [6, 6.07) is 0. The topological polar surface area (TPSA) is 109 Å². The van der Waals surface area contributed by atoms with Crippen molar-refractivity contribution in [1.82, 2.24) is 0 Å². The summed E-state index contributed by atoms with van der Waals surface area (Å²) in [5.41, 5.74) is 0. The van der Waals surface area contributed by atoms with Crippen molar-refractivity contribution in [2.24, 2.45) is 0 Å². The molecule has 8 heteroatoms. The molecule has 0 aliphatic rings. The molecular weight excluding hydrogens is 184 g/mol. The second-order valence-corrected chi connectivity index (χ2v) is 2.75. The monoisotopic (exact) mass is 190 g/mol. The first-order valence-electron chi connectivity index (χ1n) is 1.73. The Morgan fingerprint density at radius 3 is 1.40 bits per heavy atom. The maximum Gasteiger partial charge on any atom is 0.394 e. The van der Waals surface area contributed by atoms with E-state index in [0.717, 1.165) is 5.41 Å². The van der Waals surface area contributed by atoms with Crippen LogP contribution < -0.4 is 0 Å². The van der Waals surface area contributed by atoms with Gasteiger partial charge in [-0.05, 0) is 0 Å². The van der Waals surface area contributed by atoms with Crippen molar-refractivity contribution in [3.05, 3.63) is 12.0 Å². The number of hydrogen-bond acceptors (Lipinski definition) is 4. The molecule has 0 bridgehead atoms. The zero-order valence-electron chi connectivity index (χ0n) is 4.67. The van der Waals surface area contributed by atoms with Crippen molar-refractivity contribution in [2.75, 3.05) is 0 Å². The van der Waals surface area contributed by atoms with Crippen LogP contribution in [0.25, 0.3) is 0 Å². The number of thiol groups is 1. The van der Waals surface area contributed by atoms with E-state index in [4.69, 9.17) is 17.5 Å². The van der Waals surface area contributed by atoms with Gasteiger partial charge in [-0.25, -0.2) is 8.42 Å². The van der Waals surface area contributed by atoms with Gasteiger partial charge in [0.1, 0.15) is 0 Å². The van der Waals surface area contributed by atoms with E-state index in [9.17, 15) is 8.42 Å². The molecule has 0 aliphatic carbocycles. The van der Waals surface area contributed by atoms with Gasteiger partial charge in [0.15, 0.2) is 10.7 Å². The first-order valence-corrected chi connectivity index (χ1v) is 4.37. The van der Waals surface area contributed by atoms with Crippen molar-refractivity contribution in [3.8, 4) is 0 Å². The number of hydrogen-bond donors (Lipinski definition) is 3. The van der Waals surface area contributed by atoms with E-state index in [-0.39, 0.29) is 0 Å². The van der Waals surface area contributed by atoms with E-state index in [1.54, 1.807) is 0 Å². The highest BCUT2D eigenvalue weighted by molar-refractivity contribution is 7.79. The summed E-state index contributed by atoms with van der Waals surface area (Å²) < 4.78 is 50.2. The Hall–Kier alpha value is -0.440. The van der Waals surface area contributed by atoms with E-state index < -0.39 is 21.1 Å². The third kappa shape index (κ3) is 134. The molecule has 0 aromatic rings. The van der Waals surface area contributed by atoms with Crippen LogP contribution in [-0.2, 0) is 21.1 Å². The summed E-state index contributed by atoms with van der Waals surface area (Å²) >= 11 is 0. The third-order valence-electron chi connectivity index (χ3n) is 0.149. The van der Waals surface area contributed by atoms with Crippen LogP contribution in [0.3, 0.4) is 0 Å². The Kier molecular flexibility index (Phi) is 6.56. The normalized spacial score (nSPS) is 9.90. The van der Waals surface area contributed by atoms with Crippen LogP contribution in [0, 0.1) is 0 Å². The second-order valence-electron chi connectivity index (χ2n) is 0.916. The Morgan fingerprint density at radius 2 is 1.40 bits per heavy atom. The average Bonchev–Trinajstić information content (AvgIpc) is 1.61. The van der Waals surface area contributed by atoms with E-state index >= 15 is 0 Å². The molecule has 0 heterocycles. The van der Waals surface area contributed by atoms with E-state index in [0.29, 0.717) is 0 Å². The van der Waals surface area contributed by atoms with Crippen LogP contribution in [-0.4, -0.2) is 25.9 Å². The summed E-state index contributed by atoms with van der Waals surface area (Å²) in [6.45, 7) is 2.96. The molecule has 0 aliphatic heterocycles. The van der Waals surface area contributed by atoms with Gasteiger partial charge in [-0.2, -0.15) is 8.42 Å². The minimum atomic E-state index is -4.67. The van der Waals surface area contributed by atoms with Gasteiger partial charge in [-0.3, -0.25) is 9.11 Å². The van der Waals surface area contributed by atoms with Gasteiger partial charge in [-0.1, -0.05) is 6.58 Å². The lowest BCUT2D eigenvalue weighted by Crippen LogP contribution is -1.89. The molecule has 2 N–H and O–H groups in total. The molecule has 0 fully saturated rings. The quantitative estimate of drug-likeness (QED) is 0.365. The Bertz CT molecular complexity index is 229. The van der Waals surface area contributed by atoms with Gasteiger partial charge in [0.05, 0.1) is 0 Å². The van der Waals surface area contributed by atoms with Gasteiger partial charge >= 0.3 is 10.4 Å². The fourth-order valence-corrected chi connectivity index (χ4v) is 0. The molecule has 0 saturated carbocycles.